The summed E-state index contributed by atoms with van der Waals surface area (Å²) in [4.78, 5) is 16.0. The van der Waals surface area contributed by atoms with Crippen molar-refractivity contribution in [3.8, 4) is 0 Å². The highest BCUT2D eigenvalue weighted by molar-refractivity contribution is 8.01. The van der Waals surface area contributed by atoms with Crippen LogP contribution < -0.4 is 5.32 Å². The smallest absolute Gasteiger partial charge is 0.237 e. The topological polar surface area (TPSA) is 42.0 Å². The average Bonchev–Trinajstić information content (AvgIpc) is 2.84. The van der Waals surface area contributed by atoms with E-state index in [1.165, 1.54) is 25.7 Å². The first-order valence-corrected chi connectivity index (χ1v) is 7.55. The third kappa shape index (κ3) is 3.62. The Labute approximate surface area is 117 Å². The number of halogens is 1. The third-order valence-corrected chi connectivity index (χ3v) is 4.86. The number of aromatic nitrogens is 1. The monoisotopic (exact) mass is 284 g/mol. The van der Waals surface area contributed by atoms with Crippen molar-refractivity contribution >= 4 is 35.0 Å². The third-order valence-electron chi connectivity index (χ3n) is 3.08. The number of hydrogen-bond acceptors (Lipinski definition) is 3. The molecule has 5 heteroatoms. The fourth-order valence-electron chi connectivity index (χ4n) is 2.09. The number of pyridine rings is 1. The molecule has 0 unspecified atom stereocenters. The number of nitrogens with one attached hydrogen (secondary N) is 1. The Hall–Kier alpha value is -0.740. The minimum atomic E-state index is -0.0515. The second-order valence-corrected chi connectivity index (χ2v) is 6.52. The van der Waals surface area contributed by atoms with Crippen LogP contribution in [0.4, 0.5) is 5.69 Å². The molecule has 1 aliphatic rings. The van der Waals surface area contributed by atoms with Crippen molar-refractivity contribution in [2.75, 3.05) is 5.32 Å². The first-order chi connectivity index (χ1) is 8.66. The van der Waals surface area contributed by atoms with E-state index in [0.717, 1.165) is 0 Å². The van der Waals surface area contributed by atoms with Crippen LogP contribution >= 0.6 is 23.4 Å². The SMILES string of the molecule is C[C@H](SC1CCCC1)C(=O)Nc1cccnc1Cl. The van der Waals surface area contributed by atoms with E-state index >= 15 is 0 Å². The molecule has 18 heavy (non-hydrogen) atoms. The van der Waals surface area contributed by atoms with Crippen molar-refractivity contribution in [2.45, 2.75) is 43.1 Å². The highest BCUT2D eigenvalue weighted by Crippen LogP contribution is 2.32. The normalized spacial score (nSPS) is 17.7. The van der Waals surface area contributed by atoms with Crippen molar-refractivity contribution < 1.29 is 4.79 Å². The van der Waals surface area contributed by atoms with E-state index in [1.807, 2.05) is 6.92 Å². The molecule has 1 aromatic rings. The maximum atomic E-state index is 12.0. The number of carbonyl (C=O) groups excluding carboxylic acids is 1. The fourth-order valence-corrected chi connectivity index (χ4v) is 3.62. The summed E-state index contributed by atoms with van der Waals surface area (Å²) in [7, 11) is 0. The van der Waals surface area contributed by atoms with Crippen LogP contribution in [0.25, 0.3) is 0 Å². The van der Waals surface area contributed by atoms with Crippen molar-refractivity contribution in [1.29, 1.82) is 0 Å². The number of rotatable bonds is 4. The molecule has 1 aromatic heterocycles. The minimum absolute atomic E-state index is 0.00167. The molecule has 0 bridgehead atoms. The van der Waals surface area contributed by atoms with Crippen LogP contribution in [0.2, 0.25) is 5.15 Å². The molecule has 0 radical (unpaired) electrons. The molecule has 0 aliphatic heterocycles. The molecule has 0 spiro atoms. The molecule has 1 N–H and O–H groups in total. The highest BCUT2D eigenvalue weighted by atomic mass is 35.5. The quantitative estimate of drug-likeness (QED) is 0.857. The van der Waals surface area contributed by atoms with Crippen LogP contribution in [0, 0.1) is 0 Å². The first-order valence-electron chi connectivity index (χ1n) is 6.23. The van der Waals surface area contributed by atoms with Crippen molar-refractivity contribution in [3.05, 3.63) is 23.5 Å². The predicted molar refractivity (Wildman–Crippen MR) is 77.2 cm³/mol. The molecular formula is C13H17ClN2OS. The van der Waals surface area contributed by atoms with Crippen LogP contribution in [-0.4, -0.2) is 21.4 Å². The van der Waals surface area contributed by atoms with Gasteiger partial charge in [-0.15, -0.1) is 11.8 Å². The first kappa shape index (κ1) is 13.7. The van der Waals surface area contributed by atoms with Gasteiger partial charge in [0.2, 0.25) is 5.91 Å². The Morgan fingerprint density at radius 3 is 2.94 bits per heavy atom. The van der Waals surface area contributed by atoms with Gasteiger partial charge >= 0.3 is 0 Å². The molecule has 3 nitrogen and oxygen atoms in total. The van der Waals surface area contributed by atoms with E-state index in [0.29, 0.717) is 16.1 Å². The Bertz CT molecular complexity index is 421. The lowest BCUT2D eigenvalue weighted by Gasteiger charge is -2.16. The lowest BCUT2D eigenvalue weighted by atomic mass is 10.3. The van der Waals surface area contributed by atoms with Gasteiger partial charge in [-0.25, -0.2) is 4.98 Å². The predicted octanol–water partition coefficient (Wildman–Crippen LogP) is 3.74. The van der Waals surface area contributed by atoms with Crippen LogP contribution in [0.5, 0.6) is 0 Å². The maximum absolute atomic E-state index is 12.0. The molecular weight excluding hydrogens is 268 g/mol. The van der Waals surface area contributed by atoms with Gasteiger partial charge in [-0.1, -0.05) is 24.4 Å². The van der Waals surface area contributed by atoms with Gasteiger partial charge in [-0.2, -0.15) is 0 Å². The number of thioether (sulfide) groups is 1. The Kier molecular flexibility index (Phi) is 4.89. The highest BCUT2D eigenvalue weighted by Gasteiger charge is 2.22. The maximum Gasteiger partial charge on any atom is 0.237 e. The van der Waals surface area contributed by atoms with E-state index in [9.17, 15) is 4.79 Å². The van der Waals surface area contributed by atoms with E-state index < -0.39 is 0 Å². The number of carbonyl (C=O) groups is 1. The number of nitrogens with zero attached hydrogens (tertiary/aromatic N) is 1. The standard InChI is InChI=1S/C13H17ClN2OS/c1-9(18-10-5-2-3-6-10)13(17)16-11-7-4-8-15-12(11)14/h4,7-10H,2-3,5-6H2,1H3,(H,16,17)/t9-/m0/s1. The Morgan fingerprint density at radius 1 is 1.56 bits per heavy atom. The van der Waals surface area contributed by atoms with Crippen molar-refractivity contribution in [1.82, 2.24) is 4.98 Å². The molecule has 1 aliphatic carbocycles. The second-order valence-electron chi connectivity index (χ2n) is 4.52. The fraction of sp³-hybridized carbons (Fsp3) is 0.538. The van der Waals surface area contributed by atoms with Crippen molar-refractivity contribution in [2.24, 2.45) is 0 Å². The molecule has 1 fully saturated rings. The Balaban J connectivity index is 1.89. The van der Waals surface area contributed by atoms with Crippen LogP contribution in [0.3, 0.4) is 0 Å². The van der Waals surface area contributed by atoms with Gasteiger partial charge in [0.25, 0.3) is 0 Å². The number of amides is 1. The summed E-state index contributed by atoms with van der Waals surface area (Å²) >= 11 is 7.68. The molecule has 1 amide bonds. The molecule has 1 saturated carbocycles. The zero-order valence-corrected chi connectivity index (χ0v) is 11.9. The van der Waals surface area contributed by atoms with Crippen LogP contribution in [-0.2, 0) is 4.79 Å². The van der Waals surface area contributed by atoms with E-state index in [1.54, 1.807) is 30.1 Å². The van der Waals surface area contributed by atoms with Gasteiger partial charge < -0.3 is 5.32 Å². The van der Waals surface area contributed by atoms with Crippen LogP contribution in [0.1, 0.15) is 32.6 Å². The van der Waals surface area contributed by atoms with Gasteiger partial charge in [-0.3, -0.25) is 4.79 Å². The van der Waals surface area contributed by atoms with E-state index in [4.69, 9.17) is 11.6 Å². The summed E-state index contributed by atoms with van der Waals surface area (Å²) in [6.45, 7) is 1.95. The summed E-state index contributed by atoms with van der Waals surface area (Å²) in [5.41, 5.74) is 0.586. The summed E-state index contributed by atoms with van der Waals surface area (Å²) in [5, 5.41) is 3.75. The molecule has 0 aromatic carbocycles. The zero-order valence-electron chi connectivity index (χ0n) is 10.4. The van der Waals surface area contributed by atoms with E-state index in [-0.39, 0.29) is 11.2 Å². The average molecular weight is 285 g/mol. The largest absolute Gasteiger partial charge is 0.323 e. The Morgan fingerprint density at radius 2 is 2.28 bits per heavy atom. The van der Waals surface area contributed by atoms with Gasteiger partial charge in [0.15, 0.2) is 5.15 Å². The van der Waals surface area contributed by atoms with Gasteiger partial charge in [-0.05, 0) is 31.9 Å². The lowest BCUT2D eigenvalue weighted by molar-refractivity contribution is -0.115. The number of hydrogen-bond donors (Lipinski definition) is 1. The summed E-state index contributed by atoms with van der Waals surface area (Å²) < 4.78 is 0. The molecule has 1 heterocycles. The van der Waals surface area contributed by atoms with E-state index in [2.05, 4.69) is 10.3 Å². The van der Waals surface area contributed by atoms with Gasteiger partial charge in [0.1, 0.15) is 0 Å². The summed E-state index contributed by atoms with van der Waals surface area (Å²) in [6.07, 6.45) is 6.65. The second kappa shape index (κ2) is 6.43. The minimum Gasteiger partial charge on any atom is -0.323 e. The summed E-state index contributed by atoms with van der Waals surface area (Å²) in [6, 6.07) is 3.52. The number of anilines is 1. The van der Waals surface area contributed by atoms with Gasteiger partial charge in [0, 0.05) is 11.4 Å². The molecule has 1 atom stereocenters. The van der Waals surface area contributed by atoms with Crippen molar-refractivity contribution in [3.63, 3.8) is 0 Å². The van der Waals surface area contributed by atoms with Gasteiger partial charge in [0.05, 0.1) is 10.9 Å². The zero-order chi connectivity index (χ0) is 13.0. The molecule has 2 rings (SSSR count). The molecule has 98 valence electrons. The van der Waals surface area contributed by atoms with Crippen LogP contribution in [0.15, 0.2) is 18.3 Å². The molecule has 0 saturated heterocycles. The lowest BCUT2D eigenvalue weighted by Crippen LogP contribution is -2.24. The summed E-state index contributed by atoms with van der Waals surface area (Å²) in [5.74, 6) is 0.00167.